The van der Waals surface area contributed by atoms with Crippen LogP contribution in [0.2, 0.25) is 0 Å². The number of ether oxygens (including phenoxy) is 2. The highest BCUT2D eigenvalue weighted by molar-refractivity contribution is 6.22. The van der Waals surface area contributed by atoms with Gasteiger partial charge in [0.25, 0.3) is 5.91 Å². The molecule has 1 fully saturated rings. The Labute approximate surface area is 196 Å². The molecule has 0 bridgehead atoms. The number of esters is 1. The number of aromatic nitrogens is 1. The van der Waals surface area contributed by atoms with Crippen molar-refractivity contribution < 1.29 is 28.7 Å². The average molecular weight is 463 g/mol. The van der Waals surface area contributed by atoms with Crippen LogP contribution in [0.1, 0.15) is 39.0 Å². The Hall–Kier alpha value is -3.68. The molecule has 0 saturated carbocycles. The van der Waals surface area contributed by atoms with Gasteiger partial charge in [-0.1, -0.05) is 24.8 Å². The third-order valence-corrected chi connectivity index (χ3v) is 7.07. The number of nitrogens with zero attached hydrogens (tertiary/aromatic N) is 2. The molecule has 8 heteroatoms. The van der Waals surface area contributed by atoms with Crippen molar-refractivity contribution in [1.29, 1.82) is 0 Å². The number of para-hydroxylation sites is 1. The second-order valence-corrected chi connectivity index (χ2v) is 10.1. The van der Waals surface area contributed by atoms with E-state index in [4.69, 9.17) is 9.47 Å². The van der Waals surface area contributed by atoms with Crippen molar-refractivity contribution in [3.8, 4) is 0 Å². The zero-order valence-corrected chi connectivity index (χ0v) is 19.9. The van der Waals surface area contributed by atoms with E-state index < -0.39 is 35.0 Å². The zero-order valence-electron chi connectivity index (χ0n) is 19.9. The first-order valence-electron chi connectivity index (χ1n) is 11.1. The third-order valence-electron chi connectivity index (χ3n) is 7.07. The van der Waals surface area contributed by atoms with Gasteiger partial charge in [0.2, 0.25) is 0 Å². The van der Waals surface area contributed by atoms with E-state index in [9.17, 15) is 19.2 Å². The summed E-state index contributed by atoms with van der Waals surface area (Å²) < 4.78 is 12.4. The molecule has 3 heterocycles. The Morgan fingerprint density at radius 3 is 2.50 bits per heavy atom. The summed E-state index contributed by atoms with van der Waals surface area (Å²) in [6.45, 7) is 10.9. The van der Waals surface area contributed by atoms with Gasteiger partial charge in [-0.2, -0.15) is 0 Å². The maximum absolute atomic E-state index is 13.6. The first-order valence-corrected chi connectivity index (χ1v) is 11.1. The normalized spacial score (nSPS) is 23.9. The molecule has 1 aliphatic carbocycles. The molecule has 3 aliphatic rings. The SMILES string of the molecule is C=C1C(=O)C(C)=C2C(=O)N3Cc4c(c5ccccc5n4C(=O)OC(C)(C)C)CC3(C(=O)OC)C12. The van der Waals surface area contributed by atoms with Gasteiger partial charge in [0.05, 0.1) is 30.8 Å². The number of hydrogen-bond acceptors (Lipinski definition) is 6. The Balaban J connectivity index is 1.77. The molecule has 176 valence electrons. The van der Waals surface area contributed by atoms with Crippen LogP contribution < -0.4 is 0 Å². The molecule has 2 unspecified atom stereocenters. The maximum atomic E-state index is 13.6. The highest BCUT2D eigenvalue weighted by Gasteiger charge is 2.67. The molecule has 2 aromatic rings. The molecule has 5 rings (SSSR count). The molecule has 1 aromatic heterocycles. The average Bonchev–Trinajstić information content (AvgIpc) is 3.32. The molecule has 2 atom stereocenters. The summed E-state index contributed by atoms with van der Waals surface area (Å²) in [6, 6.07) is 7.36. The van der Waals surface area contributed by atoms with Crippen molar-refractivity contribution >= 4 is 34.7 Å². The fraction of sp³-hybridized carbons (Fsp3) is 0.385. The molecule has 2 aliphatic heterocycles. The fourth-order valence-corrected chi connectivity index (χ4v) is 5.72. The maximum Gasteiger partial charge on any atom is 0.419 e. The van der Waals surface area contributed by atoms with Crippen LogP contribution in [0.4, 0.5) is 4.79 Å². The minimum absolute atomic E-state index is 0.00800. The molecule has 0 spiro atoms. The van der Waals surface area contributed by atoms with Gasteiger partial charge in [-0.05, 0) is 39.3 Å². The summed E-state index contributed by atoms with van der Waals surface area (Å²) in [5.41, 5.74) is 0.611. The Bertz CT molecular complexity index is 1370. The molecule has 1 saturated heterocycles. The van der Waals surface area contributed by atoms with Gasteiger partial charge in [-0.25, -0.2) is 14.2 Å². The third kappa shape index (κ3) is 2.65. The summed E-state index contributed by atoms with van der Waals surface area (Å²) in [7, 11) is 1.27. The Morgan fingerprint density at radius 2 is 1.85 bits per heavy atom. The van der Waals surface area contributed by atoms with Crippen LogP contribution in [-0.4, -0.2) is 51.5 Å². The minimum Gasteiger partial charge on any atom is -0.467 e. The number of benzene rings is 1. The second kappa shape index (κ2) is 6.91. The molecule has 1 amide bonds. The predicted octanol–water partition coefficient (Wildman–Crippen LogP) is 3.31. The van der Waals surface area contributed by atoms with Crippen LogP contribution in [0.25, 0.3) is 10.9 Å². The molecular formula is C26H26N2O6. The van der Waals surface area contributed by atoms with Crippen LogP contribution in [-0.2, 0) is 36.8 Å². The number of ketones is 1. The number of methoxy groups -OCH3 is 1. The fourth-order valence-electron chi connectivity index (χ4n) is 5.72. The van der Waals surface area contributed by atoms with Crippen molar-refractivity contribution in [2.75, 3.05) is 7.11 Å². The highest BCUT2D eigenvalue weighted by Crippen LogP contribution is 2.54. The zero-order chi connectivity index (χ0) is 24.7. The van der Waals surface area contributed by atoms with Crippen molar-refractivity contribution in [3.05, 3.63) is 58.8 Å². The van der Waals surface area contributed by atoms with Gasteiger partial charge in [0.15, 0.2) is 11.3 Å². The number of carbonyl (C=O) groups excluding carboxylic acids is 4. The Kier molecular flexibility index (Phi) is 4.50. The number of allylic oxidation sites excluding steroid dienone is 1. The van der Waals surface area contributed by atoms with Crippen molar-refractivity contribution in [2.24, 2.45) is 5.92 Å². The topological polar surface area (TPSA) is 94.9 Å². The van der Waals surface area contributed by atoms with E-state index >= 15 is 0 Å². The number of amides is 1. The van der Waals surface area contributed by atoms with Gasteiger partial charge >= 0.3 is 12.1 Å². The van der Waals surface area contributed by atoms with Crippen molar-refractivity contribution in [3.63, 3.8) is 0 Å². The second-order valence-electron chi connectivity index (χ2n) is 10.1. The van der Waals surface area contributed by atoms with Crippen LogP contribution in [0.3, 0.4) is 0 Å². The molecule has 0 radical (unpaired) electrons. The van der Waals surface area contributed by atoms with Crippen LogP contribution in [0.15, 0.2) is 47.6 Å². The smallest absolute Gasteiger partial charge is 0.419 e. The molecule has 34 heavy (non-hydrogen) atoms. The van der Waals surface area contributed by atoms with E-state index in [1.165, 1.54) is 16.6 Å². The van der Waals surface area contributed by atoms with E-state index in [1.807, 2.05) is 24.3 Å². The van der Waals surface area contributed by atoms with E-state index in [0.717, 1.165) is 10.9 Å². The lowest BCUT2D eigenvalue weighted by atomic mass is 9.74. The number of carbonyl (C=O) groups is 4. The molecular weight excluding hydrogens is 436 g/mol. The van der Waals surface area contributed by atoms with Gasteiger partial charge < -0.3 is 14.4 Å². The van der Waals surface area contributed by atoms with Crippen LogP contribution >= 0.6 is 0 Å². The quantitative estimate of drug-likeness (QED) is 0.477. The number of fused-ring (bicyclic) bond motifs is 6. The summed E-state index contributed by atoms with van der Waals surface area (Å²) >= 11 is 0. The van der Waals surface area contributed by atoms with Gasteiger partial charge in [-0.15, -0.1) is 0 Å². The van der Waals surface area contributed by atoms with Crippen LogP contribution in [0.5, 0.6) is 0 Å². The lowest BCUT2D eigenvalue weighted by Gasteiger charge is -2.42. The summed E-state index contributed by atoms with van der Waals surface area (Å²) in [5, 5.41) is 0.780. The van der Waals surface area contributed by atoms with Crippen LogP contribution in [0, 0.1) is 5.92 Å². The van der Waals surface area contributed by atoms with E-state index in [2.05, 4.69) is 6.58 Å². The van der Waals surface area contributed by atoms with Gasteiger partial charge in [0.1, 0.15) is 5.60 Å². The van der Waals surface area contributed by atoms with Gasteiger partial charge in [-0.3, -0.25) is 9.59 Å². The first-order chi connectivity index (χ1) is 15.9. The lowest BCUT2D eigenvalue weighted by molar-refractivity contribution is -0.160. The highest BCUT2D eigenvalue weighted by atomic mass is 16.6. The van der Waals surface area contributed by atoms with E-state index in [1.54, 1.807) is 27.7 Å². The number of Topliss-reactive ketones (excluding diaryl/α,β-unsaturated/α-hetero) is 1. The minimum atomic E-state index is -1.44. The van der Waals surface area contributed by atoms with Gasteiger partial charge in [0, 0.05) is 28.5 Å². The molecule has 8 nitrogen and oxygen atoms in total. The van der Waals surface area contributed by atoms with E-state index in [-0.39, 0.29) is 24.3 Å². The lowest BCUT2D eigenvalue weighted by Crippen LogP contribution is -2.59. The standard InChI is InChI=1S/C26H26N2O6/c1-13-19-20(14(2)21(13)29)26(23(31)33-6)11-16-15-9-7-8-10-17(15)28(24(32)34-25(3,4)5)18(16)12-27(26)22(19)30/h7-10,20H,2,11-12H2,1,3-6H3. The first kappa shape index (κ1) is 22.1. The monoisotopic (exact) mass is 462 g/mol. The predicted molar refractivity (Wildman–Crippen MR) is 123 cm³/mol. The number of hydrogen-bond donors (Lipinski definition) is 0. The summed E-state index contributed by atoms with van der Waals surface area (Å²) in [5.74, 6) is -2.12. The summed E-state index contributed by atoms with van der Waals surface area (Å²) in [6.07, 6.45) is -0.470. The number of rotatable bonds is 1. The van der Waals surface area contributed by atoms with E-state index in [0.29, 0.717) is 22.4 Å². The molecule has 1 aromatic carbocycles. The van der Waals surface area contributed by atoms with Crippen molar-refractivity contribution in [1.82, 2.24) is 9.47 Å². The van der Waals surface area contributed by atoms with Crippen molar-refractivity contribution in [2.45, 2.75) is 51.8 Å². The largest absolute Gasteiger partial charge is 0.467 e. The molecule has 0 N–H and O–H groups in total. The summed E-state index contributed by atoms with van der Waals surface area (Å²) in [4.78, 5) is 54.5. The Morgan fingerprint density at radius 1 is 1.18 bits per heavy atom.